The van der Waals surface area contributed by atoms with Gasteiger partial charge in [0.1, 0.15) is 22.9 Å². The van der Waals surface area contributed by atoms with Gasteiger partial charge in [0.05, 0.1) is 6.07 Å². The van der Waals surface area contributed by atoms with Gasteiger partial charge in [-0.25, -0.2) is 18.4 Å². The second-order valence-corrected chi connectivity index (χ2v) is 8.22. The molecule has 1 saturated heterocycles. The Kier molecular flexibility index (Phi) is 6.09. The van der Waals surface area contributed by atoms with Crippen LogP contribution in [0.5, 0.6) is 0 Å². The molecule has 2 fully saturated rings. The summed E-state index contributed by atoms with van der Waals surface area (Å²) in [6.07, 6.45) is 1.55. The minimum atomic E-state index is -3.16. The number of hydrogen-bond acceptors (Lipinski definition) is 6. The predicted octanol–water partition coefficient (Wildman–Crippen LogP) is 1.01. The first kappa shape index (κ1) is 22.7. The molecule has 3 aliphatic rings. The number of piperidine rings is 1. The molecule has 10 nitrogen and oxygen atoms in total. The van der Waals surface area contributed by atoms with Crippen molar-refractivity contribution in [1.82, 2.24) is 21.0 Å². The number of carbonyl (C=O) groups is 3. The van der Waals surface area contributed by atoms with Crippen LogP contribution in [0.25, 0.3) is 0 Å². The first-order valence-electron chi connectivity index (χ1n) is 10.1. The number of alkyl halides is 2. The molecule has 12 heteroatoms. The molecule has 0 radical (unpaired) electrons. The van der Waals surface area contributed by atoms with Crippen molar-refractivity contribution in [3.63, 3.8) is 0 Å². The predicted molar refractivity (Wildman–Crippen MR) is 101 cm³/mol. The Balaban J connectivity index is 1.62. The number of aliphatic carboxylic acids is 1. The fourth-order valence-corrected chi connectivity index (χ4v) is 3.52. The number of carboxylic acid groups (broad SMARTS) is 1. The minimum absolute atomic E-state index is 0.0806. The lowest BCUT2D eigenvalue weighted by molar-refractivity contribution is -0.135. The van der Waals surface area contributed by atoms with E-state index in [1.807, 2.05) is 6.07 Å². The monoisotopic (exact) mass is 441 g/mol. The van der Waals surface area contributed by atoms with Crippen LogP contribution in [0.1, 0.15) is 45.4 Å². The number of carboxylic acids is 1. The third kappa shape index (κ3) is 5.22. The summed E-state index contributed by atoms with van der Waals surface area (Å²) < 4.78 is 28.0. The van der Waals surface area contributed by atoms with Gasteiger partial charge in [0.15, 0.2) is 0 Å². The van der Waals surface area contributed by atoms with Crippen LogP contribution in [0.15, 0.2) is 11.8 Å². The maximum Gasteiger partial charge on any atom is 0.354 e. The van der Waals surface area contributed by atoms with Gasteiger partial charge in [-0.15, -0.1) is 0 Å². The Morgan fingerprint density at radius 1 is 1.35 bits per heavy atom. The van der Waals surface area contributed by atoms with E-state index in [0.717, 1.165) is 0 Å². The maximum absolute atomic E-state index is 14.0. The summed E-state index contributed by atoms with van der Waals surface area (Å²) >= 11 is 0. The quantitative estimate of drug-likeness (QED) is 0.462. The highest BCUT2D eigenvalue weighted by atomic mass is 19.3. The topological polar surface area (TPSA) is 144 Å². The van der Waals surface area contributed by atoms with Crippen molar-refractivity contribution in [2.24, 2.45) is 0 Å². The molecular weight excluding hydrogens is 416 g/mol. The molecule has 1 unspecified atom stereocenters. The van der Waals surface area contributed by atoms with Gasteiger partial charge >= 0.3 is 12.0 Å². The van der Waals surface area contributed by atoms with E-state index in [4.69, 9.17) is 15.2 Å². The summed E-state index contributed by atoms with van der Waals surface area (Å²) in [5.74, 6) is -5.13. The molecule has 0 aromatic heterocycles. The first-order valence-corrected chi connectivity index (χ1v) is 10.1. The Bertz CT molecular complexity index is 828. The number of nitrogens with zero attached hydrogens (tertiary/aromatic N) is 2. The highest BCUT2D eigenvalue weighted by Gasteiger charge is 2.47. The summed E-state index contributed by atoms with van der Waals surface area (Å²) in [7, 11) is 0. The zero-order valence-electron chi connectivity index (χ0n) is 17.0. The molecule has 0 bridgehead atoms. The Labute approximate surface area is 177 Å². The fourth-order valence-electron chi connectivity index (χ4n) is 3.52. The van der Waals surface area contributed by atoms with E-state index in [1.54, 1.807) is 0 Å². The lowest BCUT2D eigenvalue weighted by atomic mass is 9.91. The summed E-state index contributed by atoms with van der Waals surface area (Å²) in [6.45, 7) is 1.64. The normalized spacial score (nSPS) is 22.0. The largest absolute Gasteiger partial charge is 0.477 e. The van der Waals surface area contributed by atoms with Crippen molar-refractivity contribution in [1.29, 1.82) is 5.26 Å². The van der Waals surface area contributed by atoms with E-state index in [0.29, 0.717) is 25.7 Å². The average Bonchev–Trinajstić information content (AvgIpc) is 3.38. The van der Waals surface area contributed by atoms with Gasteiger partial charge in [0.25, 0.3) is 0 Å². The summed E-state index contributed by atoms with van der Waals surface area (Å²) in [6, 6.07) is -0.215. The Morgan fingerprint density at radius 2 is 2.00 bits per heavy atom. The van der Waals surface area contributed by atoms with E-state index in [-0.39, 0.29) is 18.8 Å². The van der Waals surface area contributed by atoms with Crippen molar-refractivity contribution in [3.8, 4) is 6.07 Å². The molecule has 0 aromatic rings. The minimum Gasteiger partial charge on any atom is -0.477 e. The van der Waals surface area contributed by atoms with E-state index in [1.165, 1.54) is 17.9 Å². The van der Waals surface area contributed by atoms with Crippen LogP contribution in [0.4, 0.5) is 13.6 Å². The second kappa shape index (κ2) is 8.30. The SMILES string of the molecule is CCC(F)(F)CC(NC(=O)N1CCC2(C=C(C(=O)O)NO2)CC1)C(=O)NC1(C#N)CC1. The van der Waals surface area contributed by atoms with Crippen molar-refractivity contribution in [2.75, 3.05) is 13.1 Å². The molecule has 2 heterocycles. The van der Waals surface area contributed by atoms with Gasteiger partial charge in [-0.1, -0.05) is 6.92 Å². The number of urea groups is 1. The number of hydroxylamine groups is 1. The molecule has 1 saturated carbocycles. The van der Waals surface area contributed by atoms with Crippen molar-refractivity contribution < 1.29 is 33.1 Å². The molecule has 170 valence electrons. The van der Waals surface area contributed by atoms with Crippen LogP contribution in [0.3, 0.4) is 0 Å². The van der Waals surface area contributed by atoms with E-state index < -0.39 is 53.9 Å². The van der Waals surface area contributed by atoms with Crippen LogP contribution in [0.2, 0.25) is 0 Å². The number of nitriles is 1. The lowest BCUT2D eigenvalue weighted by Gasteiger charge is -2.37. The summed E-state index contributed by atoms with van der Waals surface area (Å²) in [4.78, 5) is 43.0. The van der Waals surface area contributed by atoms with Crippen LogP contribution >= 0.6 is 0 Å². The van der Waals surface area contributed by atoms with Gasteiger partial charge in [-0.05, 0) is 18.9 Å². The van der Waals surface area contributed by atoms with Crippen LogP contribution in [-0.2, 0) is 14.4 Å². The molecule has 3 amide bonds. The first-order chi connectivity index (χ1) is 14.5. The van der Waals surface area contributed by atoms with E-state index in [9.17, 15) is 23.2 Å². The van der Waals surface area contributed by atoms with Crippen LogP contribution in [0, 0.1) is 11.3 Å². The molecule has 3 rings (SSSR count). The van der Waals surface area contributed by atoms with Crippen molar-refractivity contribution in [3.05, 3.63) is 11.8 Å². The highest BCUT2D eigenvalue weighted by Crippen LogP contribution is 2.35. The summed E-state index contributed by atoms with van der Waals surface area (Å²) in [5, 5.41) is 23.0. The number of nitrogens with one attached hydrogen (secondary N) is 3. The third-order valence-electron chi connectivity index (χ3n) is 5.86. The number of rotatable bonds is 7. The second-order valence-electron chi connectivity index (χ2n) is 8.22. The van der Waals surface area contributed by atoms with Crippen LogP contribution < -0.4 is 16.1 Å². The van der Waals surface area contributed by atoms with Gasteiger partial charge in [-0.3, -0.25) is 15.1 Å². The van der Waals surface area contributed by atoms with E-state index in [2.05, 4.69) is 16.1 Å². The van der Waals surface area contributed by atoms with Crippen molar-refractivity contribution in [2.45, 2.75) is 68.6 Å². The number of likely N-dealkylation sites (tertiary alicyclic amines) is 1. The lowest BCUT2D eigenvalue weighted by Crippen LogP contribution is -2.57. The molecule has 2 aliphatic heterocycles. The van der Waals surface area contributed by atoms with Gasteiger partial charge < -0.3 is 20.6 Å². The molecule has 1 spiro atoms. The molecule has 1 aliphatic carbocycles. The van der Waals surface area contributed by atoms with Crippen LogP contribution in [-0.4, -0.2) is 64.1 Å². The molecule has 0 aromatic carbocycles. The number of halogens is 2. The van der Waals surface area contributed by atoms with Gasteiger partial charge in [0.2, 0.25) is 11.8 Å². The zero-order chi connectivity index (χ0) is 22.9. The Morgan fingerprint density at radius 3 is 2.48 bits per heavy atom. The molecule has 1 atom stereocenters. The van der Waals surface area contributed by atoms with Gasteiger partial charge in [0, 0.05) is 38.8 Å². The van der Waals surface area contributed by atoms with Gasteiger partial charge in [-0.2, -0.15) is 5.26 Å². The third-order valence-corrected chi connectivity index (χ3v) is 5.86. The maximum atomic E-state index is 14.0. The average molecular weight is 441 g/mol. The standard InChI is InChI=1S/C19H25F2N5O5/c1-2-19(20,21)10-12(14(27)24-17(11-22)3-4-17)23-16(30)26-7-5-18(6-8-26)9-13(15(28)29)25-31-18/h9,12,25H,2-8,10H2,1H3,(H,23,30)(H,24,27)(H,28,29). The molecule has 4 N–H and O–H groups in total. The molecular formula is C19H25F2N5O5. The fraction of sp³-hybridized carbons (Fsp3) is 0.684. The summed E-state index contributed by atoms with van der Waals surface area (Å²) in [5.41, 5.74) is 0.371. The highest BCUT2D eigenvalue weighted by molar-refractivity contribution is 5.88. The van der Waals surface area contributed by atoms with E-state index >= 15 is 0 Å². The zero-order valence-corrected chi connectivity index (χ0v) is 17.0. The van der Waals surface area contributed by atoms with Crippen molar-refractivity contribution >= 4 is 17.9 Å². The number of carbonyl (C=O) groups excluding carboxylic acids is 2. The smallest absolute Gasteiger partial charge is 0.354 e. The number of amides is 3. The molecule has 31 heavy (non-hydrogen) atoms. The Hall–Kier alpha value is -2.94. The number of hydrogen-bond donors (Lipinski definition) is 4.